The van der Waals surface area contributed by atoms with Crippen LogP contribution >= 0.6 is 11.8 Å². The highest BCUT2D eigenvalue weighted by Gasteiger charge is 2.69. The molecule has 1 N–H and O–H groups in total. The first-order valence-corrected chi connectivity index (χ1v) is 7.87. The highest BCUT2D eigenvalue weighted by atomic mass is 32.2. The van der Waals surface area contributed by atoms with Crippen molar-refractivity contribution in [2.75, 3.05) is 5.75 Å². The van der Waals surface area contributed by atoms with E-state index in [9.17, 15) is 14.7 Å². The van der Waals surface area contributed by atoms with Crippen molar-refractivity contribution in [3.63, 3.8) is 0 Å². The summed E-state index contributed by atoms with van der Waals surface area (Å²) in [7, 11) is 0. The Morgan fingerprint density at radius 3 is 2.16 bits per heavy atom. The molecular formula is C14H23NO3S. The Labute approximate surface area is 118 Å². The first-order chi connectivity index (χ1) is 8.66. The van der Waals surface area contributed by atoms with Gasteiger partial charge in [0.25, 0.3) is 0 Å². The van der Waals surface area contributed by atoms with E-state index in [4.69, 9.17) is 0 Å². The summed E-state index contributed by atoms with van der Waals surface area (Å²) in [5, 5.41) is 9.32. The van der Waals surface area contributed by atoms with E-state index in [1.54, 1.807) is 16.7 Å². The van der Waals surface area contributed by atoms with Crippen molar-refractivity contribution < 1.29 is 14.7 Å². The molecule has 5 heteroatoms. The van der Waals surface area contributed by atoms with Crippen molar-refractivity contribution in [3.8, 4) is 0 Å². The predicted octanol–water partition coefficient (Wildman–Crippen LogP) is 2.43. The summed E-state index contributed by atoms with van der Waals surface area (Å²) in [6, 6.07) is -0.658. The number of hydrogen-bond acceptors (Lipinski definition) is 3. The molecule has 0 bridgehead atoms. The zero-order chi connectivity index (χ0) is 14.6. The summed E-state index contributed by atoms with van der Waals surface area (Å²) in [6.45, 7) is 10.4. The van der Waals surface area contributed by atoms with E-state index in [0.717, 1.165) is 6.42 Å². The van der Waals surface area contributed by atoms with Gasteiger partial charge in [-0.15, -0.1) is 11.8 Å². The van der Waals surface area contributed by atoms with Gasteiger partial charge in [-0.3, -0.25) is 4.79 Å². The summed E-state index contributed by atoms with van der Waals surface area (Å²) in [5.41, 5.74) is -0.0859. The molecule has 1 heterocycles. The molecule has 2 aliphatic rings. The average molecular weight is 285 g/mol. The molecule has 1 aliphatic carbocycles. The number of thioether (sulfide) groups is 1. The third-order valence-corrected chi connectivity index (χ3v) is 6.70. The predicted molar refractivity (Wildman–Crippen MR) is 75.9 cm³/mol. The molecule has 2 unspecified atom stereocenters. The number of rotatable bonds is 3. The van der Waals surface area contributed by atoms with Gasteiger partial charge in [0.2, 0.25) is 5.91 Å². The van der Waals surface area contributed by atoms with Crippen LogP contribution in [0.25, 0.3) is 0 Å². The van der Waals surface area contributed by atoms with E-state index in [-0.39, 0.29) is 28.0 Å². The topological polar surface area (TPSA) is 57.6 Å². The highest BCUT2D eigenvalue weighted by Crippen LogP contribution is 2.69. The third-order valence-electron chi connectivity index (χ3n) is 5.25. The van der Waals surface area contributed by atoms with Gasteiger partial charge in [0.1, 0.15) is 6.04 Å². The molecule has 2 atom stereocenters. The maximum atomic E-state index is 12.8. The van der Waals surface area contributed by atoms with Crippen LogP contribution in [0.4, 0.5) is 0 Å². The Hall–Kier alpha value is -0.710. The van der Waals surface area contributed by atoms with Crippen LogP contribution in [-0.2, 0) is 9.59 Å². The van der Waals surface area contributed by atoms with E-state index >= 15 is 0 Å². The number of carbonyl (C=O) groups excluding carboxylic acids is 1. The normalized spacial score (nSPS) is 32.4. The second-order valence-electron chi connectivity index (χ2n) is 6.67. The molecule has 0 spiro atoms. The van der Waals surface area contributed by atoms with Gasteiger partial charge in [-0.25, -0.2) is 4.79 Å². The molecule has 19 heavy (non-hydrogen) atoms. The first kappa shape index (κ1) is 14.7. The minimum atomic E-state index is -0.881. The number of aliphatic carboxylic acids is 1. The number of carbonyl (C=O) groups is 2. The molecule has 2 fully saturated rings. The molecule has 0 radical (unpaired) electrons. The Kier molecular flexibility index (Phi) is 3.40. The SMILES string of the molecule is CCC1SCC(C(=O)O)N1C(=O)C1C(C)(C)C1(C)C. The Bertz CT molecular complexity index is 405. The number of hydrogen-bond donors (Lipinski definition) is 1. The lowest BCUT2D eigenvalue weighted by Gasteiger charge is -2.27. The van der Waals surface area contributed by atoms with Crippen molar-refractivity contribution in [1.82, 2.24) is 4.90 Å². The van der Waals surface area contributed by atoms with E-state index in [1.165, 1.54) is 0 Å². The number of carboxylic acid groups (broad SMARTS) is 1. The minimum absolute atomic E-state index is 0.0146. The fraction of sp³-hybridized carbons (Fsp3) is 0.857. The summed E-state index contributed by atoms with van der Waals surface area (Å²) in [5.74, 6) is -0.408. The summed E-state index contributed by atoms with van der Waals surface area (Å²) < 4.78 is 0. The largest absolute Gasteiger partial charge is 0.480 e. The third kappa shape index (κ3) is 1.97. The zero-order valence-corrected chi connectivity index (χ0v) is 13.1. The van der Waals surface area contributed by atoms with Gasteiger partial charge in [-0.2, -0.15) is 0 Å². The highest BCUT2D eigenvalue weighted by molar-refractivity contribution is 8.00. The molecule has 1 saturated heterocycles. The molecular weight excluding hydrogens is 262 g/mol. The lowest BCUT2D eigenvalue weighted by Crippen LogP contribution is -2.47. The van der Waals surface area contributed by atoms with Crippen LogP contribution in [0.3, 0.4) is 0 Å². The van der Waals surface area contributed by atoms with Gasteiger partial charge in [0.05, 0.1) is 5.37 Å². The van der Waals surface area contributed by atoms with Gasteiger partial charge in [0, 0.05) is 11.7 Å². The van der Waals surface area contributed by atoms with Crippen molar-refractivity contribution in [2.24, 2.45) is 16.7 Å². The number of carboxylic acids is 1. The van der Waals surface area contributed by atoms with Gasteiger partial charge < -0.3 is 10.0 Å². The van der Waals surface area contributed by atoms with E-state index in [1.807, 2.05) is 6.92 Å². The van der Waals surface area contributed by atoms with Gasteiger partial charge in [0.15, 0.2) is 0 Å². The second-order valence-corrected chi connectivity index (χ2v) is 7.88. The summed E-state index contributed by atoms with van der Waals surface area (Å²) in [6.07, 6.45) is 0.799. The fourth-order valence-corrected chi connectivity index (χ4v) is 4.68. The molecule has 1 amide bonds. The molecule has 1 saturated carbocycles. The van der Waals surface area contributed by atoms with Crippen LogP contribution < -0.4 is 0 Å². The van der Waals surface area contributed by atoms with Crippen LogP contribution in [0.15, 0.2) is 0 Å². The van der Waals surface area contributed by atoms with Crippen LogP contribution in [0.2, 0.25) is 0 Å². The number of nitrogens with zero attached hydrogens (tertiary/aromatic N) is 1. The van der Waals surface area contributed by atoms with Crippen molar-refractivity contribution in [1.29, 1.82) is 0 Å². The maximum Gasteiger partial charge on any atom is 0.327 e. The standard InChI is InChI=1S/C14H23NO3S/c1-6-9-15(8(7-19-9)12(17)18)11(16)10-13(2,3)14(10,4)5/h8-10H,6-7H2,1-5H3,(H,17,18). The number of amides is 1. The van der Waals surface area contributed by atoms with Crippen molar-refractivity contribution in [3.05, 3.63) is 0 Å². The van der Waals surface area contributed by atoms with E-state index in [2.05, 4.69) is 27.7 Å². The summed E-state index contributed by atoms with van der Waals surface area (Å²) in [4.78, 5) is 25.7. The van der Waals surface area contributed by atoms with E-state index < -0.39 is 12.0 Å². The maximum absolute atomic E-state index is 12.8. The molecule has 108 valence electrons. The zero-order valence-electron chi connectivity index (χ0n) is 12.3. The minimum Gasteiger partial charge on any atom is -0.480 e. The molecule has 2 rings (SSSR count). The van der Waals surface area contributed by atoms with Gasteiger partial charge in [-0.05, 0) is 17.3 Å². The molecule has 4 nitrogen and oxygen atoms in total. The lowest BCUT2D eigenvalue weighted by atomic mass is 10.0. The lowest BCUT2D eigenvalue weighted by molar-refractivity contribution is -0.150. The molecule has 0 aromatic carbocycles. The smallest absolute Gasteiger partial charge is 0.327 e. The molecule has 0 aromatic rings. The Balaban J connectivity index is 2.24. The Morgan fingerprint density at radius 2 is 1.79 bits per heavy atom. The average Bonchev–Trinajstić information content (AvgIpc) is 2.67. The first-order valence-electron chi connectivity index (χ1n) is 6.82. The van der Waals surface area contributed by atoms with Crippen LogP contribution in [0.5, 0.6) is 0 Å². The quantitative estimate of drug-likeness (QED) is 0.865. The van der Waals surface area contributed by atoms with Gasteiger partial charge >= 0.3 is 5.97 Å². The Morgan fingerprint density at radius 1 is 1.26 bits per heavy atom. The summed E-state index contributed by atoms with van der Waals surface area (Å²) >= 11 is 1.58. The monoisotopic (exact) mass is 285 g/mol. The van der Waals surface area contributed by atoms with Crippen molar-refractivity contribution in [2.45, 2.75) is 52.5 Å². The molecule has 0 aromatic heterocycles. The van der Waals surface area contributed by atoms with Crippen LogP contribution in [-0.4, -0.2) is 39.1 Å². The fourth-order valence-electron chi connectivity index (χ4n) is 3.33. The van der Waals surface area contributed by atoms with E-state index in [0.29, 0.717) is 5.75 Å². The van der Waals surface area contributed by atoms with Crippen LogP contribution in [0.1, 0.15) is 41.0 Å². The van der Waals surface area contributed by atoms with Crippen LogP contribution in [0, 0.1) is 16.7 Å². The molecule has 1 aliphatic heterocycles. The second kappa shape index (κ2) is 4.40. The van der Waals surface area contributed by atoms with Gasteiger partial charge in [-0.1, -0.05) is 34.6 Å². The van der Waals surface area contributed by atoms with Crippen molar-refractivity contribution >= 4 is 23.6 Å².